The topological polar surface area (TPSA) is 76.6 Å². The molecule has 1 aromatic heterocycles. The number of hydrogen-bond acceptors (Lipinski definition) is 6. The molecule has 2 amide bonds. The normalized spacial score (nSPS) is 13.5. The van der Waals surface area contributed by atoms with Gasteiger partial charge in [0.2, 0.25) is 5.01 Å². The number of aromatic nitrogens is 1. The summed E-state index contributed by atoms with van der Waals surface area (Å²) in [5.41, 5.74) is 0.344. The summed E-state index contributed by atoms with van der Waals surface area (Å²) in [7, 11) is 0. The van der Waals surface area contributed by atoms with Crippen LogP contribution in [0.3, 0.4) is 0 Å². The molecule has 1 aromatic carbocycles. The second-order valence-corrected chi connectivity index (χ2v) is 5.87. The molecule has 3 rings (SSSR count). The van der Waals surface area contributed by atoms with Gasteiger partial charge in [0.25, 0.3) is 11.8 Å². The van der Waals surface area contributed by atoms with Crippen LogP contribution in [0.15, 0.2) is 24.3 Å². The van der Waals surface area contributed by atoms with Crippen LogP contribution in [0.5, 0.6) is 0 Å². The van der Waals surface area contributed by atoms with Crippen molar-refractivity contribution in [2.75, 3.05) is 0 Å². The summed E-state index contributed by atoms with van der Waals surface area (Å²) in [6.45, 7) is 0. The minimum atomic E-state index is -0.983. The summed E-state index contributed by atoms with van der Waals surface area (Å²) in [6.07, 6.45) is 0. The van der Waals surface area contributed by atoms with E-state index in [9.17, 15) is 14.4 Å². The molecule has 1 aliphatic heterocycles. The minimum absolute atomic E-state index is 0.0454. The number of benzene rings is 1. The Morgan fingerprint density at radius 2 is 1.71 bits per heavy atom. The summed E-state index contributed by atoms with van der Waals surface area (Å²) in [4.78, 5) is 44.4. The minimum Gasteiger partial charge on any atom is -0.322 e. The molecule has 2 aromatic rings. The molecule has 9 heteroatoms. The lowest BCUT2D eigenvalue weighted by atomic mass is 10.1. The predicted molar refractivity (Wildman–Crippen MR) is 74.5 cm³/mol. The first-order chi connectivity index (χ1) is 9.99. The van der Waals surface area contributed by atoms with Crippen LogP contribution in [0.1, 0.15) is 30.5 Å². The van der Waals surface area contributed by atoms with E-state index in [1.54, 1.807) is 12.1 Å². The second kappa shape index (κ2) is 5.10. The maximum absolute atomic E-state index is 12.0. The zero-order valence-electron chi connectivity index (χ0n) is 10.0. The molecule has 6 nitrogen and oxygen atoms in total. The number of nitrogens with zero attached hydrogens (tertiary/aromatic N) is 2. The molecule has 0 spiro atoms. The highest BCUT2D eigenvalue weighted by molar-refractivity contribution is 7.18. The maximum atomic E-state index is 12.0. The number of amides is 2. The number of carbonyl (C=O) groups is 3. The fraction of sp³-hybridized carbons (Fsp3) is 0. The smallest absolute Gasteiger partial charge is 0.322 e. The monoisotopic (exact) mass is 342 g/mol. The molecule has 0 N–H and O–H groups in total. The largest absolute Gasteiger partial charge is 0.392 e. The van der Waals surface area contributed by atoms with E-state index in [-0.39, 0.29) is 25.6 Å². The van der Waals surface area contributed by atoms with Crippen LogP contribution in [0.25, 0.3) is 0 Å². The van der Waals surface area contributed by atoms with Crippen molar-refractivity contribution < 1.29 is 19.2 Å². The molecule has 0 fully saturated rings. The van der Waals surface area contributed by atoms with Crippen molar-refractivity contribution >= 4 is 52.3 Å². The maximum Gasteiger partial charge on any atom is 0.392 e. The number of carbonyl (C=O) groups excluding carboxylic acids is 3. The van der Waals surface area contributed by atoms with E-state index in [0.29, 0.717) is 5.06 Å². The average Bonchev–Trinajstić information content (AvgIpc) is 2.93. The standard InChI is InChI=1S/C12H4Cl2N2O4S/c13-7-8(14)21-9(15-7)12(19)20-16-10(17)5-3-1-2-4-6(5)11(16)18/h1-4H. The third-order valence-electron chi connectivity index (χ3n) is 2.65. The van der Waals surface area contributed by atoms with Crippen LogP contribution in [0, 0.1) is 0 Å². The van der Waals surface area contributed by atoms with Gasteiger partial charge in [-0.15, -0.1) is 0 Å². The molecule has 0 aliphatic carbocycles. The van der Waals surface area contributed by atoms with Crippen LogP contribution in [0.4, 0.5) is 0 Å². The van der Waals surface area contributed by atoms with Gasteiger partial charge in [0.1, 0.15) is 4.34 Å². The Morgan fingerprint density at radius 1 is 1.14 bits per heavy atom. The van der Waals surface area contributed by atoms with E-state index in [1.807, 2.05) is 0 Å². The van der Waals surface area contributed by atoms with Crippen molar-refractivity contribution in [1.82, 2.24) is 10.0 Å². The van der Waals surface area contributed by atoms with Crippen molar-refractivity contribution in [2.45, 2.75) is 0 Å². The Labute approximate surface area is 131 Å². The number of thiazole rings is 1. The lowest BCUT2D eigenvalue weighted by Crippen LogP contribution is -2.32. The van der Waals surface area contributed by atoms with E-state index in [1.165, 1.54) is 12.1 Å². The first-order valence-electron chi connectivity index (χ1n) is 5.51. The third kappa shape index (κ3) is 2.29. The van der Waals surface area contributed by atoms with Gasteiger partial charge in [-0.3, -0.25) is 9.59 Å². The van der Waals surface area contributed by atoms with Crippen LogP contribution >= 0.6 is 34.5 Å². The summed E-state index contributed by atoms with van der Waals surface area (Å²) >= 11 is 12.1. The van der Waals surface area contributed by atoms with Gasteiger partial charge in [0, 0.05) is 0 Å². The van der Waals surface area contributed by atoms with Gasteiger partial charge < -0.3 is 4.84 Å². The predicted octanol–water partition coefficient (Wildman–Crippen LogP) is 2.82. The molecule has 0 bridgehead atoms. The fourth-order valence-electron chi connectivity index (χ4n) is 1.74. The highest BCUT2D eigenvalue weighted by atomic mass is 35.5. The quantitative estimate of drug-likeness (QED) is 0.784. The lowest BCUT2D eigenvalue weighted by molar-refractivity contribution is -0.0584. The highest BCUT2D eigenvalue weighted by Gasteiger charge is 2.39. The van der Waals surface area contributed by atoms with E-state index in [0.717, 1.165) is 11.3 Å². The van der Waals surface area contributed by atoms with Crippen LogP contribution in [0.2, 0.25) is 9.49 Å². The Bertz CT molecular complexity index is 735. The number of rotatable bonds is 2. The lowest BCUT2D eigenvalue weighted by Gasteiger charge is -2.11. The molecule has 106 valence electrons. The van der Waals surface area contributed by atoms with Gasteiger partial charge >= 0.3 is 5.97 Å². The molecule has 0 saturated heterocycles. The van der Waals surface area contributed by atoms with Gasteiger partial charge in [-0.05, 0) is 12.1 Å². The first kappa shape index (κ1) is 14.0. The zero-order valence-corrected chi connectivity index (χ0v) is 12.3. The van der Waals surface area contributed by atoms with E-state index in [2.05, 4.69) is 4.98 Å². The van der Waals surface area contributed by atoms with E-state index < -0.39 is 17.8 Å². The van der Waals surface area contributed by atoms with E-state index >= 15 is 0 Å². The third-order valence-corrected chi connectivity index (χ3v) is 4.37. The Hall–Kier alpha value is -1.96. The Balaban J connectivity index is 1.85. The fourth-order valence-corrected chi connectivity index (χ4v) is 2.81. The van der Waals surface area contributed by atoms with Gasteiger partial charge in [0.15, 0.2) is 5.15 Å². The summed E-state index contributed by atoms with van der Waals surface area (Å²) in [6, 6.07) is 6.16. The van der Waals surface area contributed by atoms with Crippen LogP contribution < -0.4 is 0 Å². The molecule has 1 aliphatic rings. The van der Waals surface area contributed by atoms with E-state index in [4.69, 9.17) is 28.0 Å². The van der Waals surface area contributed by atoms with Crippen LogP contribution in [-0.4, -0.2) is 27.8 Å². The molecular formula is C12H4Cl2N2O4S. The molecule has 2 heterocycles. The number of hydrogen-bond donors (Lipinski definition) is 0. The van der Waals surface area contributed by atoms with Gasteiger partial charge in [-0.25, -0.2) is 9.78 Å². The average molecular weight is 343 g/mol. The number of imide groups is 1. The zero-order chi connectivity index (χ0) is 15.1. The summed E-state index contributed by atoms with van der Waals surface area (Å²) < 4.78 is 0.117. The van der Waals surface area contributed by atoms with Crippen LogP contribution in [-0.2, 0) is 4.84 Å². The molecule has 21 heavy (non-hydrogen) atoms. The van der Waals surface area contributed by atoms with Crippen molar-refractivity contribution in [3.05, 3.63) is 49.9 Å². The Kier molecular flexibility index (Phi) is 3.40. The summed E-state index contributed by atoms with van der Waals surface area (Å²) in [5, 5.41) is 0.202. The number of fused-ring (bicyclic) bond motifs is 1. The Morgan fingerprint density at radius 3 is 2.19 bits per heavy atom. The van der Waals surface area contributed by atoms with Gasteiger partial charge in [-0.2, -0.15) is 0 Å². The second-order valence-electron chi connectivity index (χ2n) is 3.91. The van der Waals surface area contributed by atoms with Crippen molar-refractivity contribution in [2.24, 2.45) is 0 Å². The molecule has 0 saturated carbocycles. The van der Waals surface area contributed by atoms with Gasteiger partial charge in [-0.1, -0.05) is 51.7 Å². The number of hydroxylamine groups is 2. The van der Waals surface area contributed by atoms with Crippen molar-refractivity contribution in [1.29, 1.82) is 0 Å². The SMILES string of the molecule is O=C(ON1C(=O)c2ccccc2C1=O)c1nc(Cl)c(Cl)s1. The molecule has 0 unspecified atom stereocenters. The molecule has 0 atom stereocenters. The van der Waals surface area contributed by atoms with Gasteiger partial charge in [0.05, 0.1) is 11.1 Å². The van der Waals surface area contributed by atoms with Crippen molar-refractivity contribution in [3.63, 3.8) is 0 Å². The van der Waals surface area contributed by atoms with Crippen molar-refractivity contribution in [3.8, 4) is 0 Å². The number of halogens is 2. The molecular weight excluding hydrogens is 339 g/mol. The first-order valence-corrected chi connectivity index (χ1v) is 7.08. The summed E-state index contributed by atoms with van der Waals surface area (Å²) in [5.74, 6) is -2.40. The molecule has 0 radical (unpaired) electrons. The highest BCUT2D eigenvalue weighted by Crippen LogP contribution is 2.29.